The van der Waals surface area contributed by atoms with E-state index in [1.807, 2.05) is 0 Å². The van der Waals surface area contributed by atoms with Crippen LogP contribution in [0.15, 0.2) is 29.3 Å². The average Bonchev–Trinajstić information content (AvgIpc) is 2.33. The molecule has 1 aromatic carbocycles. The highest BCUT2D eigenvalue weighted by atomic mass is 16.1. The van der Waals surface area contributed by atoms with Gasteiger partial charge in [0.05, 0.1) is 17.2 Å². The van der Waals surface area contributed by atoms with Crippen LogP contribution in [0.5, 0.6) is 0 Å². The maximum atomic E-state index is 12.1. The van der Waals surface area contributed by atoms with E-state index in [-0.39, 0.29) is 5.56 Å². The van der Waals surface area contributed by atoms with Gasteiger partial charge in [-0.05, 0) is 24.6 Å². The average molecular weight is 231 g/mol. The fourth-order valence-electron chi connectivity index (χ4n) is 1.87. The first-order chi connectivity index (χ1) is 8.22. The van der Waals surface area contributed by atoms with Crippen molar-refractivity contribution in [3.63, 3.8) is 0 Å². The van der Waals surface area contributed by atoms with Gasteiger partial charge in [0, 0.05) is 12.2 Å². The third-order valence-corrected chi connectivity index (χ3v) is 2.85. The molecular weight excluding hydrogens is 214 g/mol. The van der Waals surface area contributed by atoms with Crippen molar-refractivity contribution >= 4 is 16.6 Å². The zero-order valence-electron chi connectivity index (χ0n) is 10.0. The molecular formula is C13H17N3O. The first kappa shape index (κ1) is 11.6. The molecule has 2 aromatic rings. The molecule has 0 aliphatic heterocycles. The highest BCUT2D eigenvalue weighted by Crippen LogP contribution is 2.11. The predicted octanol–water partition coefficient (Wildman–Crippen LogP) is 2.17. The second-order valence-corrected chi connectivity index (χ2v) is 4.23. The molecule has 0 aliphatic carbocycles. The molecule has 0 fully saturated rings. The Morgan fingerprint density at radius 3 is 2.94 bits per heavy atom. The molecule has 0 atom stereocenters. The van der Waals surface area contributed by atoms with Gasteiger partial charge in [0.15, 0.2) is 0 Å². The zero-order chi connectivity index (χ0) is 12.3. The Hall–Kier alpha value is -1.84. The SMILES string of the molecule is CCCCCn1cnc2ccc(N)cc2c1=O. The van der Waals surface area contributed by atoms with Crippen LogP contribution in [0.3, 0.4) is 0 Å². The van der Waals surface area contributed by atoms with Crippen LogP contribution in [0, 0.1) is 0 Å². The fourth-order valence-corrected chi connectivity index (χ4v) is 1.87. The lowest BCUT2D eigenvalue weighted by atomic mass is 10.2. The molecule has 0 unspecified atom stereocenters. The topological polar surface area (TPSA) is 60.9 Å². The van der Waals surface area contributed by atoms with E-state index in [4.69, 9.17) is 5.73 Å². The normalized spacial score (nSPS) is 10.9. The number of aromatic nitrogens is 2. The number of nitrogen functional groups attached to an aromatic ring is 1. The van der Waals surface area contributed by atoms with E-state index in [0.717, 1.165) is 25.8 Å². The Morgan fingerprint density at radius 2 is 2.18 bits per heavy atom. The number of nitrogens with two attached hydrogens (primary N) is 1. The smallest absolute Gasteiger partial charge is 0.261 e. The van der Waals surface area contributed by atoms with Crippen molar-refractivity contribution in [1.29, 1.82) is 0 Å². The molecule has 1 heterocycles. The zero-order valence-corrected chi connectivity index (χ0v) is 10.0. The maximum absolute atomic E-state index is 12.1. The number of unbranched alkanes of at least 4 members (excludes halogenated alkanes) is 2. The monoisotopic (exact) mass is 231 g/mol. The van der Waals surface area contributed by atoms with E-state index in [0.29, 0.717) is 16.6 Å². The number of hydrogen-bond acceptors (Lipinski definition) is 3. The van der Waals surface area contributed by atoms with Crippen LogP contribution in [0.1, 0.15) is 26.2 Å². The molecule has 0 saturated carbocycles. The predicted molar refractivity (Wildman–Crippen MR) is 69.9 cm³/mol. The van der Waals surface area contributed by atoms with Crippen LogP contribution in [0.4, 0.5) is 5.69 Å². The summed E-state index contributed by atoms with van der Waals surface area (Å²) in [7, 11) is 0. The minimum atomic E-state index is -0.00148. The lowest BCUT2D eigenvalue weighted by Crippen LogP contribution is -2.20. The molecule has 0 saturated heterocycles. The highest BCUT2D eigenvalue weighted by Gasteiger charge is 2.03. The third-order valence-electron chi connectivity index (χ3n) is 2.85. The van der Waals surface area contributed by atoms with Crippen molar-refractivity contribution in [2.75, 3.05) is 5.73 Å². The summed E-state index contributed by atoms with van der Waals surface area (Å²) in [5.74, 6) is 0. The summed E-state index contributed by atoms with van der Waals surface area (Å²) in [6.45, 7) is 2.87. The molecule has 2 rings (SSSR count). The standard InChI is InChI=1S/C13H17N3O/c1-2-3-4-7-16-9-15-12-6-5-10(14)8-11(12)13(16)17/h5-6,8-9H,2-4,7,14H2,1H3. The number of aryl methyl sites for hydroxylation is 1. The molecule has 0 bridgehead atoms. The van der Waals surface area contributed by atoms with E-state index in [2.05, 4.69) is 11.9 Å². The molecule has 0 spiro atoms. The second-order valence-electron chi connectivity index (χ2n) is 4.23. The van der Waals surface area contributed by atoms with Crippen molar-refractivity contribution in [2.24, 2.45) is 0 Å². The summed E-state index contributed by atoms with van der Waals surface area (Å²) in [6, 6.07) is 5.24. The number of rotatable bonds is 4. The number of nitrogens with zero attached hydrogens (tertiary/aromatic N) is 2. The first-order valence-corrected chi connectivity index (χ1v) is 5.97. The highest BCUT2D eigenvalue weighted by molar-refractivity contribution is 5.80. The van der Waals surface area contributed by atoms with Crippen LogP contribution < -0.4 is 11.3 Å². The van der Waals surface area contributed by atoms with E-state index in [1.54, 1.807) is 29.1 Å². The molecule has 0 amide bonds. The largest absolute Gasteiger partial charge is 0.399 e. The number of hydrogen-bond donors (Lipinski definition) is 1. The number of anilines is 1. The van der Waals surface area contributed by atoms with Gasteiger partial charge in [-0.15, -0.1) is 0 Å². The molecule has 1 aromatic heterocycles. The van der Waals surface area contributed by atoms with Gasteiger partial charge < -0.3 is 5.73 Å². The Morgan fingerprint density at radius 1 is 1.35 bits per heavy atom. The summed E-state index contributed by atoms with van der Waals surface area (Å²) < 4.78 is 1.66. The quantitative estimate of drug-likeness (QED) is 0.648. The van der Waals surface area contributed by atoms with Crippen LogP contribution in [-0.2, 0) is 6.54 Å². The summed E-state index contributed by atoms with van der Waals surface area (Å²) in [5.41, 5.74) is 6.99. The Kier molecular flexibility index (Phi) is 3.42. The maximum Gasteiger partial charge on any atom is 0.261 e. The van der Waals surface area contributed by atoms with Gasteiger partial charge >= 0.3 is 0 Å². The molecule has 2 N–H and O–H groups in total. The van der Waals surface area contributed by atoms with Crippen molar-refractivity contribution < 1.29 is 0 Å². The lowest BCUT2D eigenvalue weighted by molar-refractivity contribution is 0.584. The van der Waals surface area contributed by atoms with Gasteiger partial charge in [-0.3, -0.25) is 9.36 Å². The van der Waals surface area contributed by atoms with Gasteiger partial charge in [0.2, 0.25) is 0 Å². The summed E-state index contributed by atoms with van der Waals surface area (Å²) in [4.78, 5) is 16.4. The minimum Gasteiger partial charge on any atom is -0.399 e. The van der Waals surface area contributed by atoms with E-state index < -0.39 is 0 Å². The van der Waals surface area contributed by atoms with Gasteiger partial charge in [-0.1, -0.05) is 19.8 Å². The van der Waals surface area contributed by atoms with E-state index >= 15 is 0 Å². The lowest BCUT2D eigenvalue weighted by Gasteiger charge is -2.06. The summed E-state index contributed by atoms with van der Waals surface area (Å²) in [6.07, 6.45) is 4.90. The summed E-state index contributed by atoms with van der Waals surface area (Å²) >= 11 is 0. The fraction of sp³-hybridized carbons (Fsp3) is 0.385. The molecule has 4 nitrogen and oxygen atoms in total. The Bertz CT molecular complexity index is 574. The first-order valence-electron chi connectivity index (χ1n) is 5.97. The Balaban J connectivity index is 2.39. The number of fused-ring (bicyclic) bond motifs is 1. The summed E-state index contributed by atoms with van der Waals surface area (Å²) in [5, 5.41) is 0.601. The van der Waals surface area contributed by atoms with Crippen molar-refractivity contribution in [3.05, 3.63) is 34.9 Å². The Labute approximate surface area is 100 Å². The molecule has 90 valence electrons. The minimum absolute atomic E-state index is 0.00148. The van der Waals surface area contributed by atoms with Crippen molar-refractivity contribution in [1.82, 2.24) is 9.55 Å². The van der Waals surface area contributed by atoms with Crippen LogP contribution >= 0.6 is 0 Å². The van der Waals surface area contributed by atoms with Gasteiger partial charge in [0.25, 0.3) is 5.56 Å². The van der Waals surface area contributed by atoms with Gasteiger partial charge in [-0.2, -0.15) is 0 Å². The molecule has 17 heavy (non-hydrogen) atoms. The number of benzene rings is 1. The third kappa shape index (κ3) is 2.46. The van der Waals surface area contributed by atoms with Crippen molar-refractivity contribution in [3.8, 4) is 0 Å². The molecule has 0 radical (unpaired) electrons. The van der Waals surface area contributed by atoms with Crippen molar-refractivity contribution in [2.45, 2.75) is 32.7 Å². The molecule has 0 aliphatic rings. The van der Waals surface area contributed by atoms with Crippen LogP contribution in [0.25, 0.3) is 10.9 Å². The second kappa shape index (κ2) is 4.99. The van der Waals surface area contributed by atoms with E-state index in [9.17, 15) is 4.79 Å². The van der Waals surface area contributed by atoms with Gasteiger partial charge in [-0.25, -0.2) is 4.98 Å². The van der Waals surface area contributed by atoms with Crippen LogP contribution in [-0.4, -0.2) is 9.55 Å². The van der Waals surface area contributed by atoms with Gasteiger partial charge in [0.1, 0.15) is 0 Å². The van der Waals surface area contributed by atoms with E-state index in [1.165, 1.54) is 0 Å². The molecule has 4 heteroatoms. The van der Waals surface area contributed by atoms with Crippen LogP contribution in [0.2, 0.25) is 0 Å².